The summed E-state index contributed by atoms with van der Waals surface area (Å²) >= 11 is 0. The van der Waals surface area contributed by atoms with Crippen LogP contribution in [-0.2, 0) is 6.54 Å². The number of nitrogens with zero attached hydrogens (tertiary/aromatic N) is 2. The highest BCUT2D eigenvalue weighted by atomic mass is 15.3. The van der Waals surface area contributed by atoms with Gasteiger partial charge >= 0.3 is 0 Å². The molecule has 3 nitrogen and oxygen atoms in total. The van der Waals surface area contributed by atoms with Crippen LogP contribution in [-0.4, -0.2) is 16.3 Å². The van der Waals surface area contributed by atoms with Crippen LogP contribution in [0.15, 0.2) is 54.2 Å². The Bertz CT molecular complexity index is 569. The largest absolute Gasteiger partial charge is 0.311 e. The molecular weight excluding hydrogens is 246 g/mol. The lowest BCUT2D eigenvalue weighted by atomic mass is 10.2. The molecule has 2 aromatic rings. The maximum absolute atomic E-state index is 4.59. The molecule has 1 aliphatic carbocycles. The number of benzene rings is 1. The minimum absolute atomic E-state index is 0.840. The normalized spacial score (nSPS) is 14.5. The lowest BCUT2D eigenvalue weighted by Crippen LogP contribution is -2.15. The topological polar surface area (TPSA) is 29.9 Å². The Hall–Kier alpha value is -1.87. The van der Waals surface area contributed by atoms with Crippen LogP contribution in [0.4, 0.5) is 0 Å². The van der Waals surface area contributed by atoms with Gasteiger partial charge in [-0.05, 0) is 50.4 Å². The average molecular weight is 267 g/mol. The van der Waals surface area contributed by atoms with Crippen LogP contribution in [0.1, 0.15) is 31.4 Å². The monoisotopic (exact) mass is 267 g/mol. The Morgan fingerprint density at radius 3 is 2.85 bits per heavy atom. The van der Waals surface area contributed by atoms with Crippen molar-refractivity contribution in [1.29, 1.82) is 0 Å². The summed E-state index contributed by atoms with van der Waals surface area (Å²) in [4.78, 5) is 0. The summed E-state index contributed by atoms with van der Waals surface area (Å²) < 4.78 is 1.93. The van der Waals surface area contributed by atoms with Gasteiger partial charge in [0.05, 0.1) is 11.4 Å². The van der Waals surface area contributed by atoms with Gasteiger partial charge < -0.3 is 5.32 Å². The smallest absolute Gasteiger partial charge is 0.0766 e. The summed E-state index contributed by atoms with van der Waals surface area (Å²) in [7, 11) is 0. The first kappa shape index (κ1) is 13.1. The SMILES string of the molecule is C1=C(CCNCc2ccn(-c3ccccc3)n2)CCC1. The third-order valence-corrected chi connectivity index (χ3v) is 3.73. The van der Waals surface area contributed by atoms with Crippen molar-refractivity contribution in [3.63, 3.8) is 0 Å². The van der Waals surface area contributed by atoms with Crippen LogP contribution in [0.3, 0.4) is 0 Å². The van der Waals surface area contributed by atoms with Gasteiger partial charge in [-0.2, -0.15) is 5.10 Å². The van der Waals surface area contributed by atoms with Crippen molar-refractivity contribution in [2.75, 3.05) is 6.54 Å². The van der Waals surface area contributed by atoms with E-state index >= 15 is 0 Å². The van der Waals surface area contributed by atoms with Crippen molar-refractivity contribution in [2.24, 2.45) is 0 Å². The van der Waals surface area contributed by atoms with E-state index in [1.807, 2.05) is 29.1 Å². The predicted molar refractivity (Wildman–Crippen MR) is 81.8 cm³/mol. The zero-order valence-corrected chi connectivity index (χ0v) is 11.8. The van der Waals surface area contributed by atoms with Gasteiger partial charge in [0.15, 0.2) is 0 Å². The standard InChI is InChI=1S/C17H21N3/c1-2-8-17(9-3-1)20-13-11-16(19-20)14-18-12-10-15-6-4-5-7-15/h1-3,6,8-9,11,13,18H,4-5,7,10,12,14H2. The summed E-state index contributed by atoms with van der Waals surface area (Å²) in [6.45, 7) is 1.89. The molecule has 104 valence electrons. The second kappa shape index (κ2) is 6.53. The van der Waals surface area contributed by atoms with Crippen LogP contribution in [0.25, 0.3) is 5.69 Å². The fourth-order valence-electron chi connectivity index (χ4n) is 2.61. The van der Waals surface area contributed by atoms with Gasteiger partial charge in [-0.1, -0.05) is 29.8 Å². The number of nitrogens with one attached hydrogen (secondary N) is 1. The molecule has 1 aliphatic rings. The summed E-state index contributed by atoms with van der Waals surface area (Å²) in [6.07, 6.45) is 9.51. The van der Waals surface area contributed by atoms with Crippen molar-refractivity contribution in [3.05, 3.63) is 59.9 Å². The van der Waals surface area contributed by atoms with Crippen LogP contribution in [0.2, 0.25) is 0 Å². The molecule has 0 bridgehead atoms. The Kier molecular flexibility index (Phi) is 4.28. The second-order valence-corrected chi connectivity index (χ2v) is 5.27. The highest BCUT2D eigenvalue weighted by Gasteiger charge is 2.04. The lowest BCUT2D eigenvalue weighted by Gasteiger charge is -2.04. The number of para-hydroxylation sites is 1. The molecule has 0 saturated heterocycles. The number of rotatable bonds is 6. The molecule has 3 heteroatoms. The molecule has 20 heavy (non-hydrogen) atoms. The van der Waals surface area contributed by atoms with E-state index in [9.17, 15) is 0 Å². The Morgan fingerprint density at radius 1 is 1.15 bits per heavy atom. The van der Waals surface area contributed by atoms with Gasteiger partial charge in [0.25, 0.3) is 0 Å². The highest BCUT2D eigenvalue weighted by molar-refractivity contribution is 5.30. The van der Waals surface area contributed by atoms with E-state index in [1.165, 1.54) is 25.7 Å². The molecule has 1 aromatic carbocycles. The fraction of sp³-hybridized carbons (Fsp3) is 0.353. The molecule has 0 atom stereocenters. The first-order valence-electron chi connectivity index (χ1n) is 7.40. The molecule has 0 fully saturated rings. The molecule has 0 saturated carbocycles. The minimum atomic E-state index is 0.840. The average Bonchev–Trinajstić information content (AvgIpc) is 3.16. The summed E-state index contributed by atoms with van der Waals surface area (Å²) in [5.41, 5.74) is 3.82. The molecule has 0 aliphatic heterocycles. The number of allylic oxidation sites excluding steroid dienone is 1. The van der Waals surface area contributed by atoms with Crippen molar-refractivity contribution in [1.82, 2.24) is 15.1 Å². The van der Waals surface area contributed by atoms with Crippen LogP contribution < -0.4 is 5.32 Å². The third-order valence-electron chi connectivity index (χ3n) is 3.73. The number of hydrogen-bond donors (Lipinski definition) is 1. The molecule has 1 N–H and O–H groups in total. The Balaban J connectivity index is 1.48. The van der Waals surface area contributed by atoms with Gasteiger partial charge in [0.2, 0.25) is 0 Å². The van der Waals surface area contributed by atoms with E-state index in [0.29, 0.717) is 0 Å². The zero-order valence-electron chi connectivity index (χ0n) is 11.8. The summed E-state index contributed by atoms with van der Waals surface area (Å²) in [5, 5.41) is 8.07. The van der Waals surface area contributed by atoms with E-state index in [4.69, 9.17) is 0 Å². The van der Waals surface area contributed by atoms with Crippen molar-refractivity contribution >= 4 is 0 Å². The Labute approximate surface area is 120 Å². The van der Waals surface area contributed by atoms with Crippen molar-refractivity contribution in [3.8, 4) is 5.69 Å². The molecule has 0 radical (unpaired) electrons. The van der Waals surface area contributed by atoms with Crippen molar-refractivity contribution < 1.29 is 0 Å². The van der Waals surface area contributed by atoms with E-state index in [1.54, 1.807) is 5.57 Å². The lowest BCUT2D eigenvalue weighted by molar-refractivity contribution is 0.657. The van der Waals surface area contributed by atoms with Gasteiger partial charge in [0.1, 0.15) is 0 Å². The van der Waals surface area contributed by atoms with E-state index in [0.717, 1.165) is 24.5 Å². The zero-order chi connectivity index (χ0) is 13.6. The minimum Gasteiger partial charge on any atom is -0.311 e. The summed E-state index contributed by atoms with van der Waals surface area (Å²) in [5.74, 6) is 0. The van der Waals surface area contributed by atoms with Gasteiger partial charge in [0, 0.05) is 12.7 Å². The van der Waals surface area contributed by atoms with Crippen LogP contribution in [0.5, 0.6) is 0 Å². The first-order chi connectivity index (χ1) is 9.92. The molecule has 0 unspecified atom stereocenters. The number of hydrogen-bond acceptors (Lipinski definition) is 2. The maximum atomic E-state index is 4.59. The van der Waals surface area contributed by atoms with Crippen molar-refractivity contribution in [2.45, 2.75) is 32.2 Å². The molecule has 3 rings (SSSR count). The Morgan fingerprint density at radius 2 is 2.05 bits per heavy atom. The quantitative estimate of drug-likeness (QED) is 0.641. The molecule has 1 aromatic heterocycles. The molecular formula is C17H21N3. The van der Waals surface area contributed by atoms with Gasteiger partial charge in [-0.15, -0.1) is 0 Å². The second-order valence-electron chi connectivity index (χ2n) is 5.27. The molecule has 0 amide bonds. The number of aromatic nitrogens is 2. The molecule has 0 spiro atoms. The maximum Gasteiger partial charge on any atom is 0.0766 e. The van der Waals surface area contributed by atoms with Crippen LogP contribution >= 0.6 is 0 Å². The highest BCUT2D eigenvalue weighted by Crippen LogP contribution is 2.19. The molecule has 1 heterocycles. The predicted octanol–water partition coefficient (Wildman–Crippen LogP) is 3.46. The van der Waals surface area contributed by atoms with E-state index in [-0.39, 0.29) is 0 Å². The summed E-state index contributed by atoms with van der Waals surface area (Å²) in [6, 6.07) is 12.3. The third kappa shape index (κ3) is 3.36. The first-order valence-corrected chi connectivity index (χ1v) is 7.40. The van der Waals surface area contributed by atoms with Gasteiger partial charge in [-0.3, -0.25) is 0 Å². The van der Waals surface area contributed by atoms with Gasteiger partial charge in [-0.25, -0.2) is 4.68 Å². The van der Waals surface area contributed by atoms with E-state index in [2.05, 4.69) is 34.7 Å². The van der Waals surface area contributed by atoms with Crippen LogP contribution in [0, 0.1) is 0 Å². The van der Waals surface area contributed by atoms with E-state index < -0.39 is 0 Å². The fourth-order valence-corrected chi connectivity index (χ4v) is 2.61.